The van der Waals surface area contributed by atoms with Gasteiger partial charge in [-0.05, 0) is 55.9 Å². The van der Waals surface area contributed by atoms with Gasteiger partial charge in [0.25, 0.3) is 17.4 Å². The molecule has 0 bridgehead atoms. The number of benzene rings is 1. The van der Waals surface area contributed by atoms with Crippen LogP contribution in [-0.4, -0.2) is 35.0 Å². The SMILES string of the molecule is Cc1ccc2c(c1)NC(=O)C(C)(C(=O)NC1CCSCC1)O2. The minimum absolute atomic E-state index is 0.126. The van der Waals surface area contributed by atoms with E-state index in [1.54, 1.807) is 6.07 Å². The number of ether oxygens (including phenoxy) is 1. The van der Waals surface area contributed by atoms with Crippen LogP contribution in [0.15, 0.2) is 18.2 Å². The van der Waals surface area contributed by atoms with Gasteiger partial charge in [-0.1, -0.05) is 6.07 Å². The zero-order valence-electron chi connectivity index (χ0n) is 12.8. The van der Waals surface area contributed by atoms with E-state index in [1.165, 1.54) is 6.92 Å². The zero-order chi connectivity index (χ0) is 15.7. The number of amides is 2. The fourth-order valence-electron chi connectivity index (χ4n) is 2.65. The fourth-order valence-corrected chi connectivity index (χ4v) is 3.76. The molecule has 6 heteroatoms. The van der Waals surface area contributed by atoms with Gasteiger partial charge >= 0.3 is 0 Å². The molecule has 2 N–H and O–H groups in total. The molecule has 22 heavy (non-hydrogen) atoms. The van der Waals surface area contributed by atoms with Crippen molar-refractivity contribution in [3.8, 4) is 5.75 Å². The molecular weight excluding hydrogens is 300 g/mol. The highest BCUT2D eigenvalue weighted by Crippen LogP contribution is 2.34. The van der Waals surface area contributed by atoms with Crippen LogP contribution < -0.4 is 15.4 Å². The van der Waals surface area contributed by atoms with Crippen LogP contribution in [0.2, 0.25) is 0 Å². The molecule has 1 aromatic rings. The van der Waals surface area contributed by atoms with Crippen LogP contribution in [0.1, 0.15) is 25.3 Å². The van der Waals surface area contributed by atoms with Gasteiger partial charge in [0.05, 0.1) is 5.69 Å². The summed E-state index contributed by atoms with van der Waals surface area (Å²) in [5, 5.41) is 5.74. The molecule has 1 aromatic carbocycles. The summed E-state index contributed by atoms with van der Waals surface area (Å²) in [5.41, 5.74) is 0.118. The highest BCUT2D eigenvalue weighted by molar-refractivity contribution is 7.99. The van der Waals surface area contributed by atoms with Crippen LogP contribution in [0.5, 0.6) is 5.75 Å². The van der Waals surface area contributed by atoms with E-state index in [1.807, 2.05) is 30.8 Å². The Kier molecular flexibility index (Phi) is 4.04. The Morgan fingerprint density at radius 1 is 1.41 bits per heavy atom. The predicted molar refractivity (Wildman–Crippen MR) is 87.3 cm³/mol. The molecule has 0 spiro atoms. The fraction of sp³-hybridized carbons (Fsp3) is 0.500. The number of thioether (sulfide) groups is 1. The van der Waals surface area contributed by atoms with E-state index < -0.39 is 11.5 Å². The molecule has 3 rings (SSSR count). The first-order chi connectivity index (χ1) is 10.5. The van der Waals surface area contributed by atoms with E-state index >= 15 is 0 Å². The first kappa shape index (κ1) is 15.2. The highest BCUT2D eigenvalue weighted by Gasteiger charge is 2.47. The molecule has 0 aliphatic carbocycles. The first-order valence-electron chi connectivity index (χ1n) is 7.49. The van der Waals surface area contributed by atoms with Gasteiger partial charge in [0.15, 0.2) is 0 Å². The monoisotopic (exact) mass is 320 g/mol. The Morgan fingerprint density at radius 2 is 2.14 bits per heavy atom. The Labute approximate surface area is 134 Å². The number of nitrogens with one attached hydrogen (secondary N) is 2. The van der Waals surface area contributed by atoms with Crippen LogP contribution in [-0.2, 0) is 9.59 Å². The lowest BCUT2D eigenvalue weighted by Crippen LogP contribution is -2.60. The van der Waals surface area contributed by atoms with Gasteiger partial charge in [0, 0.05) is 6.04 Å². The van der Waals surface area contributed by atoms with Gasteiger partial charge in [-0.25, -0.2) is 0 Å². The van der Waals surface area contributed by atoms with Crippen molar-refractivity contribution in [2.75, 3.05) is 16.8 Å². The van der Waals surface area contributed by atoms with Gasteiger partial charge in [-0.2, -0.15) is 11.8 Å². The Balaban J connectivity index is 1.78. The Hall–Kier alpha value is -1.69. The summed E-state index contributed by atoms with van der Waals surface area (Å²) in [7, 11) is 0. The van der Waals surface area contributed by atoms with Crippen molar-refractivity contribution >= 4 is 29.3 Å². The van der Waals surface area contributed by atoms with E-state index in [4.69, 9.17) is 4.74 Å². The molecule has 2 heterocycles. The maximum absolute atomic E-state index is 12.6. The Bertz CT molecular complexity index is 613. The molecule has 118 valence electrons. The van der Waals surface area contributed by atoms with Crippen molar-refractivity contribution < 1.29 is 14.3 Å². The highest BCUT2D eigenvalue weighted by atomic mass is 32.2. The van der Waals surface area contributed by atoms with Crippen LogP contribution in [0.4, 0.5) is 5.69 Å². The van der Waals surface area contributed by atoms with Crippen molar-refractivity contribution in [2.45, 2.75) is 38.3 Å². The molecule has 1 saturated heterocycles. The molecular formula is C16H20N2O3S. The second-order valence-electron chi connectivity index (χ2n) is 5.95. The van der Waals surface area contributed by atoms with E-state index in [-0.39, 0.29) is 11.9 Å². The summed E-state index contributed by atoms with van der Waals surface area (Å²) in [5.74, 6) is 1.82. The second kappa shape index (κ2) is 5.83. The molecule has 1 fully saturated rings. The number of carbonyl (C=O) groups excluding carboxylic acids is 2. The normalized spacial score (nSPS) is 24.9. The third kappa shape index (κ3) is 2.79. The molecule has 2 aliphatic heterocycles. The Morgan fingerprint density at radius 3 is 2.86 bits per heavy atom. The lowest BCUT2D eigenvalue weighted by Gasteiger charge is -2.35. The number of hydrogen-bond acceptors (Lipinski definition) is 4. The van der Waals surface area contributed by atoms with Crippen LogP contribution in [0.25, 0.3) is 0 Å². The van der Waals surface area contributed by atoms with Crippen molar-refractivity contribution in [3.05, 3.63) is 23.8 Å². The van der Waals surface area contributed by atoms with Crippen LogP contribution >= 0.6 is 11.8 Å². The van der Waals surface area contributed by atoms with Gasteiger partial charge in [0.1, 0.15) is 5.75 Å². The topological polar surface area (TPSA) is 67.4 Å². The van der Waals surface area contributed by atoms with Crippen LogP contribution in [0.3, 0.4) is 0 Å². The quantitative estimate of drug-likeness (QED) is 0.819. The van der Waals surface area contributed by atoms with E-state index in [2.05, 4.69) is 10.6 Å². The molecule has 0 saturated carbocycles. The molecule has 5 nitrogen and oxygen atoms in total. The largest absolute Gasteiger partial charge is 0.466 e. The molecule has 0 aromatic heterocycles. The number of hydrogen-bond donors (Lipinski definition) is 2. The maximum atomic E-state index is 12.6. The number of aryl methyl sites for hydroxylation is 1. The molecule has 2 aliphatic rings. The van der Waals surface area contributed by atoms with Crippen molar-refractivity contribution in [3.63, 3.8) is 0 Å². The zero-order valence-corrected chi connectivity index (χ0v) is 13.6. The standard InChI is InChI=1S/C16H20N2O3S/c1-10-3-4-13-12(9-10)18-15(20)16(2,21-13)14(19)17-11-5-7-22-8-6-11/h3-4,9,11H,5-8H2,1-2H3,(H,17,19)(H,18,20). The van der Waals surface area contributed by atoms with Gasteiger partial charge in [-0.3, -0.25) is 9.59 Å². The van der Waals surface area contributed by atoms with Crippen molar-refractivity contribution in [1.29, 1.82) is 0 Å². The predicted octanol–water partition coefficient (Wildman–Crippen LogP) is 2.10. The van der Waals surface area contributed by atoms with E-state index in [9.17, 15) is 9.59 Å². The smallest absolute Gasteiger partial charge is 0.278 e. The van der Waals surface area contributed by atoms with E-state index in [0.717, 1.165) is 29.9 Å². The molecule has 0 radical (unpaired) electrons. The third-order valence-corrected chi connectivity index (χ3v) is 5.17. The lowest BCUT2D eigenvalue weighted by atomic mass is 10.00. The number of anilines is 1. The number of carbonyl (C=O) groups is 2. The average Bonchev–Trinajstić information content (AvgIpc) is 2.50. The third-order valence-electron chi connectivity index (χ3n) is 4.12. The minimum Gasteiger partial charge on any atom is -0.466 e. The number of rotatable bonds is 2. The van der Waals surface area contributed by atoms with Crippen molar-refractivity contribution in [2.24, 2.45) is 0 Å². The number of fused-ring (bicyclic) bond motifs is 1. The maximum Gasteiger partial charge on any atom is 0.278 e. The second-order valence-corrected chi connectivity index (χ2v) is 7.17. The van der Waals surface area contributed by atoms with Crippen molar-refractivity contribution in [1.82, 2.24) is 5.32 Å². The van der Waals surface area contributed by atoms with Crippen LogP contribution in [0, 0.1) is 6.92 Å². The van der Waals surface area contributed by atoms with E-state index in [0.29, 0.717) is 11.4 Å². The average molecular weight is 320 g/mol. The summed E-state index contributed by atoms with van der Waals surface area (Å²) in [6.45, 7) is 3.46. The summed E-state index contributed by atoms with van der Waals surface area (Å²) in [6.07, 6.45) is 1.87. The first-order valence-corrected chi connectivity index (χ1v) is 8.64. The molecule has 2 amide bonds. The lowest BCUT2D eigenvalue weighted by molar-refractivity contribution is -0.147. The van der Waals surface area contributed by atoms with Gasteiger partial charge in [0.2, 0.25) is 0 Å². The van der Waals surface area contributed by atoms with Gasteiger partial charge in [-0.15, -0.1) is 0 Å². The minimum atomic E-state index is -1.52. The molecule has 1 unspecified atom stereocenters. The summed E-state index contributed by atoms with van der Waals surface area (Å²) < 4.78 is 5.76. The molecule has 1 atom stereocenters. The summed E-state index contributed by atoms with van der Waals surface area (Å²) in [4.78, 5) is 24.9. The van der Waals surface area contributed by atoms with Gasteiger partial charge < -0.3 is 15.4 Å². The summed E-state index contributed by atoms with van der Waals surface area (Å²) >= 11 is 1.89. The summed E-state index contributed by atoms with van der Waals surface area (Å²) in [6, 6.07) is 5.64.